The van der Waals surface area contributed by atoms with Crippen LogP contribution >= 0.6 is 0 Å². The summed E-state index contributed by atoms with van der Waals surface area (Å²) in [5, 5.41) is 9.31. The van der Waals surface area contributed by atoms with Gasteiger partial charge < -0.3 is 19.0 Å². The second-order valence-corrected chi connectivity index (χ2v) is 8.75. The lowest BCUT2D eigenvalue weighted by atomic mass is 10.0. The van der Waals surface area contributed by atoms with Crippen LogP contribution in [0.4, 0.5) is 8.78 Å². The molecule has 0 radical (unpaired) electrons. The van der Waals surface area contributed by atoms with Gasteiger partial charge in [-0.15, -0.1) is 0 Å². The molecule has 36 heavy (non-hydrogen) atoms. The molecule has 0 spiro atoms. The predicted molar refractivity (Wildman–Crippen MR) is 130 cm³/mol. The molecule has 0 saturated heterocycles. The number of hydrogen-bond acceptors (Lipinski definition) is 5. The number of ether oxygens (including phenoxy) is 2. The fourth-order valence-corrected chi connectivity index (χ4v) is 3.57. The van der Waals surface area contributed by atoms with Crippen LogP contribution in [-0.2, 0) is 11.2 Å². The highest BCUT2D eigenvalue weighted by Crippen LogP contribution is 2.29. The van der Waals surface area contributed by atoms with Gasteiger partial charge in [-0.25, -0.2) is 18.6 Å². The third-order valence-electron chi connectivity index (χ3n) is 5.50. The summed E-state index contributed by atoms with van der Waals surface area (Å²) >= 11 is 0. The number of hydrogen-bond donors (Lipinski definition) is 1. The highest BCUT2D eigenvalue weighted by Gasteiger charge is 2.29. The Morgan fingerprint density at radius 1 is 0.944 bits per heavy atom. The van der Waals surface area contributed by atoms with E-state index in [4.69, 9.17) is 13.9 Å². The lowest BCUT2D eigenvalue weighted by Crippen LogP contribution is -2.37. The molecular weight excluding hydrogens is 468 g/mol. The molecule has 0 fully saturated rings. The van der Waals surface area contributed by atoms with Gasteiger partial charge in [0.2, 0.25) is 5.89 Å². The first kappa shape index (κ1) is 24.9. The number of nitrogens with zero attached hydrogens (tertiary/aromatic N) is 1. The molecular formula is C28H25F2NO5. The average Bonchev–Trinajstić information content (AvgIpc) is 3.19. The minimum Gasteiger partial charge on any atom is -0.493 e. The van der Waals surface area contributed by atoms with Crippen molar-refractivity contribution >= 4 is 5.97 Å². The maximum atomic E-state index is 13.5. The number of carbonyl (C=O) groups is 1. The molecule has 1 aromatic heterocycles. The Kier molecular flexibility index (Phi) is 7.05. The second kappa shape index (κ2) is 10.2. The van der Waals surface area contributed by atoms with Gasteiger partial charge in [-0.2, -0.15) is 0 Å². The Hall–Kier alpha value is -4.20. The third kappa shape index (κ3) is 5.89. The first-order valence-corrected chi connectivity index (χ1v) is 11.3. The molecule has 0 atom stereocenters. The van der Waals surface area contributed by atoms with E-state index in [0.717, 1.165) is 17.2 Å². The molecule has 0 aliphatic rings. The van der Waals surface area contributed by atoms with E-state index in [9.17, 15) is 18.7 Å². The molecule has 186 valence electrons. The van der Waals surface area contributed by atoms with Crippen molar-refractivity contribution < 1.29 is 32.6 Å². The van der Waals surface area contributed by atoms with Crippen molar-refractivity contribution in [1.29, 1.82) is 0 Å². The standard InChI is InChI=1S/C28H25F2NO5/c1-17-25(31-26(35-17)20-12-21(29)16-22(30)13-20)10-11-34-23-8-4-6-18(14-23)19-7-5-9-24(15-19)36-28(2,3)27(32)33/h4-9,12-16H,10-11H2,1-3H3,(H,32,33). The van der Waals surface area contributed by atoms with Gasteiger partial charge in [0.15, 0.2) is 5.60 Å². The highest BCUT2D eigenvalue weighted by atomic mass is 19.1. The first-order chi connectivity index (χ1) is 17.1. The Morgan fingerprint density at radius 3 is 2.19 bits per heavy atom. The third-order valence-corrected chi connectivity index (χ3v) is 5.50. The van der Waals surface area contributed by atoms with Crippen LogP contribution in [0.5, 0.6) is 11.5 Å². The van der Waals surface area contributed by atoms with Crippen LogP contribution in [0, 0.1) is 18.6 Å². The zero-order valence-corrected chi connectivity index (χ0v) is 20.0. The van der Waals surface area contributed by atoms with E-state index in [1.807, 2.05) is 30.3 Å². The van der Waals surface area contributed by atoms with Crippen LogP contribution < -0.4 is 9.47 Å². The summed E-state index contributed by atoms with van der Waals surface area (Å²) in [5.41, 5.74) is 1.23. The van der Waals surface area contributed by atoms with Gasteiger partial charge in [0.25, 0.3) is 0 Å². The largest absolute Gasteiger partial charge is 0.493 e. The molecule has 6 nitrogen and oxygen atoms in total. The van der Waals surface area contributed by atoms with Crippen LogP contribution in [0.1, 0.15) is 25.3 Å². The summed E-state index contributed by atoms with van der Waals surface area (Å²) in [7, 11) is 0. The monoisotopic (exact) mass is 493 g/mol. The zero-order valence-electron chi connectivity index (χ0n) is 20.0. The van der Waals surface area contributed by atoms with Crippen LogP contribution in [0.2, 0.25) is 0 Å². The molecule has 0 amide bonds. The van der Waals surface area contributed by atoms with Crippen molar-refractivity contribution in [1.82, 2.24) is 4.98 Å². The van der Waals surface area contributed by atoms with Crippen LogP contribution in [0.15, 0.2) is 71.1 Å². The molecule has 0 unspecified atom stereocenters. The predicted octanol–water partition coefficient (Wildman–Crippen LogP) is 6.46. The van der Waals surface area contributed by atoms with E-state index in [0.29, 0.717) is 36.0 Å². The van der Waals surface area contributed by atoms with E-state index >= 15 is 0 Å². The van der Waals surface area contributed by atoms with Crippen molar-refractivity contribution in [2.75, 3.05) is 6.61 Å². The topological polar surface area (TPSA) is 81.8 Å². The Balaban J connectivity index is 1.43. The number of carboxylic acids is 1. The lowest BCUT2D eigenvalue weighted by Gasteiger charge is -2.21. The average molecular weight is 494 g/mol. The van der Waals surface area contributed by atoms with Gasteiger partial charge in [-0.1, -0.05) is 24.3 Å². The van der Waals surface area contributed by atoms with E-state index in [1.54, 1.807) is 25.1 Å². The molecule has 3 aromatic carbocycles. The Morgan fingerprint density at radius 2 is 1.56 bits per heavy atom. The number of rotatable bonds is 9. The summed E-state index contributed by atoms with van der Waals surface area (Å²) in [6.45, 7) is 5.03. The minimum atomic E-state index is -1.36. The van der Waals surface area contributed by atoms with E-state index in [2.05, 4.69) is 4.98 Å². The van der Waals surface area contributed by atoms with E-state index in [-0.39, 0.29) is 11.5 Å². The van der Waals surface area contributed by atoms with Crippen LogP contribution in [0.3, 0.4) is 0 Å². The van der Waals surface area contributed by atoms with Gasteiger partial charge in [-0.05, 0) is 68.3 Å². The van der Waals surface area contributed by atoms with Crippen molar-refractivity contribution in [3.05, 3.63) is 89.8 Å². The molecule has 1 heterocycles. The smallest absolute Gasteiger partial charge is 0.347 e. The number of oxazole rings is 1. The summed E-state index contributed by atoms with van der Waals surface area (Å²) in [5.74, 6) is -0.674. The van der Waals surface area contributed by atoms with Gasteiger partial charge >= 0.3 is 5.97 Å². The fraction of sp³-hybridized carbons (Fsp3) is 0.214. The molecule has 0 saturated carbocycles. The number of aliphatic carboxylic acids is 1. The number of carboxylic acid groups (broad SMARTS) is 1. The summed E-state index contributed by atoms with van der Waals surface area (Å²) in [6.07, 6.45) is 0.435. The van der Waals surface area contributed by atoms with Crippen molar-refractivity contribution in [3.8, 4) is 34.1 Å². The molecule has 4 aromatic rings. The molecule has 1 N–H and O–H groups in total. The molecule has 4 rings (SSSR count). The molecule has 0 aliphatic carbocycles. The SMILES string of the molecule is Cc1oc(-c2cc(F)cc(F)c2)nc1CCOc1cccc(-c2cccc(OC(C)(C)C(=O)O)c2)c1. The van der Waals surface area contributed by atoms with Gasteiger partial charge in [0.1, 0.15) is 28.9 Å². The lowest BCUT2D eigenvalue weighted by molar-refractivity contribution is -0.152. The quantitative estimate of drug-likeness (QED) is 0.288. The summed E-state index contributed by atoms with van der Waals surface area (Å²) < 4.78 is 44.2. The number of halogens is 2. The fourth-order valence-electron chi connectivity index (χ4n) is 3.57. The normalized spacial score (nSPS) is 11.4. The molecule has 0 bridgehead atoms. The second-order valence-electron chi connectivity index (χ2n) is 8.75. The first-order valence-electron chi connectivity index (χ1n) is 11.3. The number of benzene rings is 3. The van der Waals surface area contributed by atoms with Gasteiger partial charge in [0, 0.05) is 18.1 Å². The van der Waals surface area contributed by atoms with E-state index < -0.39 is 23.2 Å². The number of aromatic nitrogens is 1. The maximum Gasteiger partial charge on any atom is 0.347 e. The van der Waals surface area contributed by atoms with Gasteiger partial charge in [-0.3, -0.25) is 0 Å². The van der Waals surface area contributed by atoms with Crippen molar-refractivity contribution in [3.63, 3.8) is 0 Å². The maximum absolute atomic E-state index is 13.5. The zero-order chi connectivity index (χ0) is 25.9. The van der Waals surface area contributed by atoms with Crippen LogP contribution in [-0.4, -0.2) is 28.3 Å². The van der Waals surface area contributed by atoms with Crippen LogP contribution in [0.25, 0.3) is 22.6 Å². The van der Waals surface area contributed by atoms with Crippen molar-refractivity contribution in [2.24, 2.45) is 0 Å². The summed E-state index contributed by atoms with van der Waals surface area (Å²) in [6, 6.07) is 17.8. The Labute approximate surface area is 207 Å². The Bertz CT molecular complexity index is 1380. The summed E-state index contributed by atoms with van der Waals surface area (Å²) in [4.78, 5) is 15.7. The number of aryl methyl sites for hydroxylation is 1. The van der Waals surface area contributed by atoms with E-state index in [1.165, 1.54) is 26.0 Å². The van der Waals surface area contributed by atoms with Gasteiger partial charge in [0.05, 0.1) is 12.3 Å². The molecule has 8 heteroatoms. The highest BCUT2D eigenvalue weighted by molar-refractivity contribution is 5.77. The molecule has 0 aliphatic heterocycles. The minimum absolute atomic E-state index is 0.149. The van der Waals surface area contributed by atoms with Crippen molar-refractivity contribution in [2.45, 2.75) is 32.8 Å².